The fraction of sp³-hybridized carbons (Fsp3) is 0.0667. The Kier molecular flexibility index (Phi) is 8.15. The van der Waals surface area contributed by atoms with Crippen LogP contribution < -0.4 is 5.73 Å². The zero-order valence-electron chi connectivity index (χ0n) is 28.0. The van der Waals surface area contributed by atoms with Gasteiger partial charge in [0.05, 0.1) is 29.3 Å². The summed E-state index contributed by atoms with van der Waals surface area (Å²) in [4.78, 5) is 20.0. The lowest BCUT2D eigenvalue weighted by molar-refractivity contribution is 0.964. The van der Waals surface area contributed by atoms with Crippen LogP contribution in [0.4, 0.5) is 0 Å². The molecule has 0 fully saturated rings. The molecule has 8 rings (SSSR count). The number of aromatic nitrogens is 3. The van der Waals surface area contributed by atoms with Crippen LogP contribution in [0.1, 0.15) is 35.2 Å². The fourth-order valence-electron chi connectivity index (χ4n) is 6.70. The highest BCUT2D eigenvalue weighted by molar-refractivity contribution is 6.22. The Hall–Kier alpha value is -6.46. The lowest BCUT2D eigenvalue weighted by Gasteiger charge is -2.14. The predicted molar refractivity (Wildman–Crippen MR) is 208 cm³/mol. The van der Waals surface area contributed by atoms with Crippen molar-refractivity contribution in [2.24, 2.45) is 10.7 Å². The summed E-state index contributed by atoms with van der Waals surface area (Å²) in [5.41, 5.74) is 15.9. The number of amidine groups is 1. The fourth-order valence-corrected chi connectivity index (χ4v) is 6.70. The summed E-state index contributed by atoms with van der Waals surface area (Å²) < 4.78 is 0. The number of benzene rings is 6. The minimum atomic E-state index is 0.0333. The van der Waals surface area contributed by atoms with E-state index in [9.17, 15) is 0 Å². The molecule has 5 nitrogen and oxygen atoms in total. The number of para-hydroxylation sites is 1. The Morgan fingerprint density at radius 1 is 0.660 bits per heavy atom. The minimum Gasteiger partial charge on any atom is -0.383 e. The summed E-state index contributed by atoms with van der Waals surface area (Å²) in [6.45, 7) is 4.31. The van der Waals surface area contributed by atoms with Gasteiger partial charge in [-0.25, -0.2) is 9.98 Å². The van der Waals surface area contributed by atoms with Crippen molar-refractivity contribution in [1.29, 1.82) is 0 Å². The van der Waals surface area contributed by atoms with Crippen molar-refractivity contribution in [1.82, 2.24) is 15.0 Å². The molecule has 0 amide bonds. The second-order valence-corrected chi connectivity index (χ2v) is 12.6. The Balaban J connectivity index is 1.22. The van der Waals surface area contributed by atoms with Gasteiger partial charge in [-0.15, -0.1) is 0 Å². The maximum atomic E-state index is 6.58. The lowest BCUT2D eigenvalue weighted by Crippen LogP contribution is -2.13. The highest BCUT2D eigenvalue weighted by Gasteiger charge is 2.17. The standard InChI is InChI=1S/C45H35N5/c1-29(31-21-23-33(24-22-31)32-13-5-3-6-14-32)26-40(50-45(46)34-15-7-4-8-16-34)41-27-48-42(28-47-41)44-38-25-30(2)35-17-9-10-18-36(35)43(38)37-19-11-12-20-39(37)49-44/h3-29H,1-2H3,(H2,46,50)/b40-26-. The van der Waals surface area contributed by atoms with E-state index in [1.165, 1.54) is 32.8 Å². The van der Waals surface area contributed by atoms with Crippen molar-refractivity contribution in [2.45, 2.75) is 19.8 Å². The third-order valence-corrected chi connectivity index (χ3v) is 9.33. The third kappa shape index (κ3) is 5.90. The summed E-state index contributed by atoms with van der Waals surface area (Å²) in [6, 6.07) is 48.0. The molecule has 0 aliphatic carbocycles. The van der Waals surface area contributed by atoms with Gasteiger partial charge >= 0.3 is 0 Å². The molecule has 0 saturated carbocycles. The van der Waals surface area contributed by atoms with Crippen molar-refractivity contribution in [3.8, 4) is 22.5 Å². The van der Waals surface area contributed by atoms with Crippen LogP contribution in [0, 0.1) is 6.92 Å². The van der Waals surface area contributed by atoms with Crippen molar-refractivity contribution in [3.05, 3.63) is 180 Å². The van der Waals surface area contributed by atoms with Crippen LogP contribution in [0.2, 0.25) is 0 Å². The quantitative estimate of drug-likeness (QED) is 0.106. The van der Waals surface area contributed by atoms with Crippen molar-refractivity contribution in [2.75, 3.05) is 0 Å². The van der Waals surface area contributed by atoms with Crippen LogP contribution in [0.3, 0.4) is 0 Å². The number of allylic oxidation sites excluding steroid dienone is 1. The van der Waals surface area contributed by atoms with Gasteiger partial charge in [0, 0.05) is 27.6 Å². The topological polar surface area (TPSA) is 77.0 Å². The van der Waals surface area contributed by atoms with Crippen LogP contribution in [0.15, 0.2) is 163 Å². The molecule has 0 spiro atoms. The van der Waals surface area contributed by atoms with E-state index in [1.807, 2.05) is 42.5 Å². The Bertz CT molecular complexity index is 2540. The van der Waals surface area contributed by atoms with E-state index in [2.05, 4.69) is 117 Å². The highest BCUT2D eigenvalue weighted by atomic mass is 14.9. The highest BCUT2D eigenvalue weighted by Crippen LogP contribution is 2.38. The zero-order valence-corrected chi connectivity index (χ0v) is 28.0. The molecule has 50 heavy (non-hydrogen) atoms. The smallest absolute Gasteiger partial charge is 0.131 e. The van der Waals surface area contributed by atoms with E-state index >= 15 is 0 Å². The molecule has 1 unspecified atom stereocenters. The molecule has 0 radical (unpaired) electrons. The van der Waals surface area contributed by atoms with Crippen LogP contribution in [-0.2, 0) is 0 Å². The summed E-state index contributed by atoms with van der Waals surface area (Å²) >= 11 is 0. The molecular formula is C45H35N5. The first-order valence-corrected chi connectivity index (χ1v) is 16.8. The number of pyridine rings is 1. The van der Waals surface area contributed by atoms with Crippen molar-refractivity contribution < 1.29 is 0 Å². The number of hydrogen-bond acceptors (Lipinski definition) is 4. The molecule has 1 atom stereocenters. The molecule has 0 bridgehead atoms. The molecule has 0 saturated heterocycles. The lowest BCUT2D eigenvalue weighted by atomic mass is 9.94. The first kappa shape index (κ1) is 30.8. The van der Waals surface area contributed by atoms with Crippen LogP contribution in [0.5, 0.6) is 0 Å². The van der Waals surface area contributed by atoms with E-state index in [4.69, 9.17) is 25.7 Å². The maximum Gasteiger partial charge on any atom is 0.131 e. The molecule has 0 aliphatic heterocycles. The summed E-state index contributed by atoms with van der Waals surface area (Å²) in [5, 5.41) is 5.78. The van der Waals surface area contributed by atoms with Gasteiger partial charge in [0.1, 0.15) is 17.2 Å². The Morgan fingerprint density at radius 3 is 2.02 bits per heavy atom. The van der Waals surface area contributed by atoms with E-state index in [1.54, 1.807) is 12.4 Å². The van der Waals surface area contributed by atoms with E-state index in [0.29, 0.717) is 22.9 Å². The van der Waals surface area contributed by atoms with E-state index in [-0.39, 0.29) is 5.92 Å². The number of aliphatic imine (C=N–C) groups is 1. The van der Waals surface area contributed by atoms with Gasteiger partial charge in [-0.3, -0.25) is 9.97 Å². The zero-order chi connectivity index (χ0) is 34.0. The minimum absolute atomic E-state index is 0.0333. The molecule has 2 N–H and O–H groups in total. The number of hydrogen-bond donors (Lipinski definition) is 1. The average molecular weight is 646 g/mol. The monoisotopic (exact) mass is 645 g/mol. The van der Waals surface area contributed by atoms with Gasteiger partial charge in [0.2, 0.25) is 0 Å². The SMILES string of the molecule is Cc1cc2c(-c3cnc(/C(=C/C(C)c4ccc(-c5ccccc5)cc4)N=C(N)c4ccccc4)cn3)nc3ccccc3c2c2ccccc12. The molecular weight excluding hydrogens is 611 g/mol. The van der Waals surface area contributed by atoms with Gasteiger partial charge in [-0.1, -0.05) is 134 Å². The summed E-state index contributed by atoms with van der Waals surface area (Å²) in [6.07, 6.45) is 5.69. The van der Waals surface area contributed by atoms with Gasteiger partial charge in [0.15, 0.2) is 0 Å². The number of rotatable bonds is 7. The van der Waals surface area contributed by atoms with Crippen molar-refractivity contribution in [3.63, 3.8) is 0 Å². The number of nitrogens with zero attached hydrogens (tertiary/aromatic N) is 4. The first-order chi connectivity index (χ1) is 24.5. The van der Waals surface area contributed by atoms with Crippen LogP contribution >= 0.6 is 0 Å². The molecule has 240 valence electrons. The Labute approximate surface area is 291 Å². The van der Waals surface area contributed by atoms with Gasteiger partial charge in [0.25, 0.3) is 0 Å². The summed E-state index contributed by atoms with van der Waals surface area (Å²) in [5.74, 6) is 0.449. The molecule has 6 aromatic carbocycles. The van der Waals surface area contributed by atoms with Crippen LogP contribution in [0.25, 0.3) is 60.7 Å². The largest absolute Gasteiger partial charge is 0.383 e. The molecule has 0 aliphatic rings. The van der Waals surface area contributed by atoms with Gasteiger partial charge in [-0.2, -0.15) is 0 Å². The van der Waals surface area contributed by atoms with E-state index in [0.717, 1.165) is 33.1 Å². The second kappa shape index (κ2) is 13.2. The molecule has 2 heterocycles. The number of aryl methyl sites for hydroxylation is 1. The Morgan fingerprint density at radius 2 is 1.30 bits per heavy atom. The third-order valence-electron chi connectivity index (χ3n) is 9.33. The molecule has 5 heteroatoms. The predicted octanol–water partition coefficient (Wildman–Crippen LogP) is 10.5. The molecule has 8 aromatic rings. The van der Waals surface area contributed by atoms with Gasteiger partial charge in [-0.05, 0) is 58.2 Å². The maximum absolute atomic E-state index is 6.58. The number of nitrogens with two attached hydrogens (primary N) is 1. The van der Waals surface area contributed by atoms with Crippen molar-refractivity contribution >= 4 is 44.0 Å². The van der Waals surface area contributed by atoms with Crippen LogP contribution in [-0.4, -0.2) is 20.8 Å². The van der Waals surface area contributed by atoms with E-state index < -0.39 is 0 Å². The molecule has 2 aromatic heterocycles. The second-order valence-electron chi connectivity index (χ2n) is 12.6. The van der Waals surface area contributed by atoms with Gasteiger partial charge < -0.3 is 5.73 Å². The first-order valence-electron chi connectivity index (χ1n) is 16.8. The normalized spacial score (nSPS) is 12.8. The summed E-state index contributed by atoms with van der Waals surface area (Å²) in [7, 11) is 0. The number of fused-ring (bicyclic) bond motifs is 5. The average Bonchev–Trinajstić information content (AvgIpc) is 3.18.